The van der Waals surface area contributed by atoms with E-state index < -0.39 is 0 Å². The summed E-state index contributed by atoms with van der Waals surface area (Å²) in [5, 5.41) is 17.2. The molecule has 3 heterocycles. The summed E-state index contributed by atoms with van der Waals surface area (Å²) in [5.41, 5.74) is 4.26. The topological polar surface area (TPSA) is 89.4 Å². The van der Waals surface area contributed by atoms with Crippen LogP contribution in [0.15, 0.2) is 48.9 Å². The Bertz CT molecular complexity index is 1060. The van der Waals surface area contributed by atoms with Crippen molar-refractivity contribution in [3.8, 4) is 17.3 Å². The fourth-order valence-electron chi connectivity index (χ4n) is 3.89. The third kappa shape index (κ3) is 3.36. The van der Waals surface area contributed by atoms with Gasteiger partial charge in [0.05, 0.1) is 16.8 Å². The third-order valence-electron chi connectivity index (χ3n) is 4.87. The van der Waals surface area contributed by atoms with Gasteiger partial charge in [-0.3, -0.25) is 0 Å². The van der Waals surface area contributed by atoms with Crippen LogP contribution < -0.4 is 10.6 Å². The van der Waals surface area contributed by atoms with E-state index in [0.29, 0.717) is 11.5 Å². The lowest BCUT2D eigenvalue weighted by molar-refractivity contribution is 0.324. The average Bonchev–Trinajstić information content (AvgIpc) is 3.04. The van der Waals surface area contributed by atoms with Crippen LogP contribution in [0.4, 0.5) is 5.95 Å². The van der Waals surface area contributed by atoms with Crippen LogP contribution in [0.1, 0.15) is 32.3 Å². The molecule has 136 valence electrons. The number of anilines is 1. The Balaban J connectivity index is 1.64. The van der Waals surface area contributed by atoms with Gasteiger partial charge in [-0.2, -0.15) is 5.26 Å². The number of H-pyrrole nitrogens is 1. The van der Waals surface area contributed by atoms with E-state index in [1.165, 1.54) is 0 Å². The van der Waals surface area contributed by atoms with Crippen molar-refractivity contribution in [1.82, 2.24) is 20.3 Å². The van der Waals surface area contributed by atoms with Gasteiger partial charge in [-0.15, -0.1) is 0 Å². The highest BCUT2D eigenvalue weighted by Crippen LogP contribution is 2.30. The molecule has 1 aromatic carbocycles. The maximum absolute atomic E-state index is 9.29. The molecule has 1 fully saturated rings. The fourth-order valence-corrected chi connectivity index (χ4v) is 3.89. The summed E-state index contributed by atoms with van der Waals surface area (Å²) < 4.78 is 0. The lowest BCUT2D eigenvalue weighted by Gasteiger charge is -2.38. The van der Waals surface area contributed by atoms with Crippen molar-refractivity contribution in [2.45, 2.75) is 38.3 Å². The van der Waals surface area contributed by atoms with E-state index in [0.717, 1.165) is 40.7 Å². The van der Waals surface area contributed by atoms with Crippen molar-refractivity contribution in [1.29, 1.82) is 5.26 Å². The standard InChI is InChI=1S/C21H22N6/c1-13-9-15(10-21(2,3)27-13)25-20-23-8-7-18(26-20)17-12-24-19-14(11-22)5-4-6-16(17)19/h4-8,12,15,24,27H,1,9-10H2,2-3H3,(H,23,25,26). The summed E-state index contributed by atoms with van der Waals surface area (Å²) in [6.07, 6.45) is 5.46. The Hall–Kier alpha value is -3.33. The van der Waals surface area contributed by atoms with E-state index in [9.17, 15) is 5.26 Å². The highest BCUT2D eigenvalue weighted by atomic mass is 15.1. The van der Waals surface area contributed by atoms with E-state index in [4.69, 9.17) is 4.98 Å². The number of hydrogen-bond donors (Lipinski definition) is 3. The molecule has 1 aliphatic rings. The molecule has 0 amide bonds. The lowest BCUT2D eigenvalue weighted by Crippen LogP contribution is -2.48. The van der Waals surface area contributed by atoms with Crippen LogP contribution in [0.25, 0.3) is 22.2 Å². The number of nitrogens with one attached hydrogen (secondary N) is 3. The van der Waals surface area contributed by atoms with Crippen molar-refractivity contribution in [2.75, 3.05) is 5.32 Å². The van der Waals surface area contributed by atoms with Crippen LogP contribution in [-0.4, -0.2) is 26.5 Å². The summed E-state index contributed by atoms with van der Waals surface area (Å²) in [6, 6.07) is 10.0. The molecule has 2 aromatic heterocycles. The van der Waals surface area contributed by atoms with E-state index in [1.54, 1.807) is 12.3 Å². The second-order valence-electron chi connectivity index (χ2n) is 7.67. The molecular weight excluding hydrogens is 336 g/mol. The minimum atomic E-state index is -0.00482. The first-order valence-corrected chi connectivity index (χ1v) is 9.01. The highest BCUT2D eigenvalue weighted by Gasteiger charge is 2.29. The summed E-state index contributed by atoms with van der Waals surface area (Å²) in [7, 11) is 0. The molecule has 1 unspecified atom stereocenters. The predicted molar refractivity (Wildman–Crippen MR) is 107 cm³/mol. The number of aromatic nitrogens is 3. The second kappa shape index (κ2) is 6.44. The Morgan fingerprint density at radius 2 is 2.19 bits per heavy atom. The second-order valence-corrected chi connectivity index (χ2v) is 7.67. The molecule has 0 spiro atoms. The minimum Gasteiger partial charge on any atom is -0.384 e. The maximum atomic E-state index is 9.29. The largest absolute Gasteiger partial charge is 0.384 e. The molecule has 0 bridgehead atoms. The number of para-hydroxylation sites is 1. The Morgan fingerprint density at radius 3 is 2.96 bits per heavy atom. The highest BCUT2D eigenvalue weighted by molar-refractivity contribution is 5.97. The summed E-state index contributed by atoms with van der Waals surface area (Å²) in [4.78, 5) is 12.3. The van der Waals surface area contributed by atoms with Gasteiger partial charge in [-0.1, -0.05) is 18.7 Å². The van der Waals surface area contributed by atoms with Gasteiger partial charge in [0, 0.05) is 47.0 Å². The molecule has 6 heteroatoms. The smallest absolute Gasteiger partial charge is 0.223 e. The van der Waals surface area contributed by atoms with E-state index in [1.807, 2.05) is 24.4 Å². The monoisotopic (exact) mass is 358 g/mol. The number of fused-ring (bicyclic) bond motifs is 1. The molecule has 0 saturated carbocycles. The molecule has 1 saturated heterocycles. The number of nitriles is 1. The zero-order valence-electron chi connectivity index (χ0n) is 15.5. The van der Waals surface area contributed by atoms with Gasteiger partial charge >= 0.3 is 0 Å². The first-order valence-electron chi connectivity index (χ1n) is 9.01. The van der Waals surface area contributed by atoms with Gasteiger partial charge < -0.3 is 15.6 Å². The Morgan fingerprint density at radius 1 is 1.33 bits per heavy atom. The number of rotatable bonds is 3. The van der Waals surface area contributed by atoms with Crippen molar-refractivity contribution in [2.24, 2.45) is 0 Å². The molecule has 0 aliphatic carbocycles. The normalized spacial score (nSPS) is 18.7. The molecule has 3 N–H and O–H groups in total. The van der Waals surface area contributed by atoms with E-state index in [2.05, 4.69) is 47.1 Å². The lowest BCUT2D eigenvalue weighted by atomic mass is 9.88. The number of aromatic amines is 1. The number of piperidine rings is 1. The maximum Gasteiger partial charge on any atom is 0.223 e. The summed E-state index contributed by atoms with van der Waals surface area (Å²) in [5.74, 6) is 0.605. The Kier molecular flexibility index (Phi) is 4.08. The zero-order valence-corrected chi connectivity index (χ0v) is 15.5. The van der Waals surface area contributed by atoms with Crippen molar-refractivity contribution in [3.05, 3.63) is 54.5 Å². The van der Waals surface area contributed by atoms with Gasteiger partial charge in [0.25, 0.3) is 0 Å². The van der Waals surface area contributed by atoms with Crippen LogP contribution in [0.5, 0.6) is 0 Å². The van der Waals surface area contributed by atoms with Crippen LogP contribution in [0, 0.1) is 11.3 Å². The minimum absolute atomic E-state index is 0.00482. The van der Waals surface area contributed by atoms with Crippen LogP contribution in [-0.2, 0) is 0 Å². The molecule has 6 nitrogen and oxygen atoms in total. The van der Waals surface area contributed by atoms with Crippen LogP contribution >= 0.6 is 0 Å². The van der Waals surface area contributed by atoms with Gasteiger partial charge in [0.15, 0.2) is 0 Å². The molecular formula is C21H22N6. The summed E-state index contributed by atoms with van der Waals surface area (Å²) in [6.45, 7) is 8.43. The van der Waals surface area contributed by atoms with Gasteiger partial charge in [0.1, 0.15) is 6.07 Å². The van der Waals surface area contributed by atoms with Crippen molar-refractivity contribution in [3.63, 3.8) is 0 Å². The molecule has 27 heavy (non-hydrogen) atoms. The quantitative estimate of drug-likeness (QED) is 0.659. The molecule has 3 aromatic rings. The predicted octanol–water partition coefficient (Wildman–Crippen LogP) is 3.95. The molecule has 0 radical (unpaired) electrons. The average molecular weight is 358 g/mol. The first-order chi connectivity index (χ1) is 12.9. The number of nitrogens with zero attached hydrogens (tertiary/aromatic N) is 3. The van der Waals surface area contributed by atoms with Crippen molar-refractivity contribution < 1.29 is 0 Å². The van der Waals surface area contributed by atoms with Gasteiger partial charge in [-0.25, -0.2) is 9.97 Å². The molecule has 4 rings (SSSR count). The Labute approximate surface area is 158 Å². The van der Waals surface area contributed by atoms with Crippen LogP contribution in [0.2, 0.25) is 0 Å². The molecule has 1 aliphatic heterocycles. The zero-order chi connectivity index (χ0) is 19.0. The number of hydrogen-bond acceptors (Lipinski definition) is 5. The van der Waals surface area contributed by atoms with Crippen LogP contribution in [0.3, 0.4) is 0 Å². The first kappa shape index (κ1) is 17.1. The van der Waals surface area contributed by atoms with Gasteiger partial charge in [0.2, 0.25) is 5.95 Å². The SMILES string of the molecule is C=C1CC(Nc2nccc(-c3c[nH]c4c(C#N)cccc34)n2)CC(C)(C)N1. The fraction of sp³-hybridized carbons (Fsp3) is 0.286. The van der Waals surface area contributed by atoms with Crippen molar-refractivity contribution >= 4 is 16.9 Å². The molecule has 1 atom stereocenters. The van der Waals surface area contributed by atoms with Gasteiger partial charge in [-0.05, 0) is 32.4 Å². The van der Waals surface area contributed by atoms with E-state index >= 15 is 0 Å². The third-order valence-corrected chi connectivity index (χ3v) is 4.87. The van der Waals surface area contributed by atoms with E-state index in [-0.39, 0.29) is 11.6 Å². The number of benzene rings is 1. The summed E-state index contributed by atoms with van der Waals surface area (Å²) >= 11 is 0.